The maximum Gasteiger partial charge on any atom is 0.314 e. The lowest BCUT2D eigenvalue weighted by molar-refractivity contribution is -0.136. The third kappa shape index (κ3) is 7.01. The van der Waals surface area contributed by atoms with Gasteiger partial charge in [0.25, 0.3) is 5.91 Å². The number of halogens is 1. The van der Waals surface area contributed by atoms with Gasteiger partial charge in [0.05, 0.1) is 23.1 Å². The summed E-state index contributed by atoms with van der Waals surface area (Å²) in [6, 6.07) is 5.25. The largest absolute Gasteiger partial charge is 0.347 e. The van der Waals surface area contributed by atoms with Gasteiger partial charge in [0, 0.05) is 44.8 Å². The average molecular weight is 497 g/mol. The predicted octanol–water partition coefficient (Wildman–Crippen LogP) is 0.529. The maximum atomic E-state index is 12.7. The molecule has 12 nitrogen and oxygen atoms in total. The zero-order valence-electron chi connectivity index (χ0n) is 18.7. The lowest BCUT2D eigenvalue weighted by Gasteiger charge is -2.21. The number of nitrogens with one attached hydrogen (secondary N) is 3. The van der Waals surface area contributed by atoms with Crippen LogP contribution in [0.25, 0.3) is 11.3 Å². The molecule has 4 amide bonds. The Bertz CT molecular complexity index is 1200. The zero-order valence-corrected chi connectivity index (χ0v) is 19.5. The van der Waals surface area contributed by atoms with Crippen molar-refractivity contribution in [3.05, 3.63) is 66.0 Å². The number of hydrogen-bond donors (Lipinski definition) is 3. The average Bonchev–Trinajstić information content (AvgIpc) is 2.87. The van der Waals surface area contributed by atoms with Crippen molar-refractivity contribution < 1.29 is 19.2 Å². The molecule has 180 valence electrons. The Morgan fingerprint density at radius 1 is 0.943 bits per heavy atom. The van der Waals surface area contributed by atoms with Crippen LogP contribution in [0.4, 0.5) is 5.82 Å². The van der Waals surface area contributed by atoms with Gasteiger partial charge >= 0.3 is 11.8 Å². The number of hydrogen-bond acceptors (Lipinski definition) is 8. The third-order valence-corrected chi connectivity index (χ3v) is 4.77. The number of pyridine rings is 2. The molecule has 0 fully saturated rings. The fourth-order valence-corrected chi connectivity index (χ4v) is 2.87. The van der Waals surface area contributed by atoms with Crippen molar-refractivity contribution in [3.8, 4) is 11.3 Å². The molecule has 3 aromatic heterocycles. The van der Waals surface area contributed by atoms with E-state index < -0.39 is 29.7 Å². The van der Waals surface area contributed by atoms with Crippen LogP contribution in [0.5, 0.6) is 0 Å². The van der Waals surface area contributed by atoms with Crippen LogP contribution >= 0.6 is 11.6 Å². The van der Waals surface area contributed by atoms with Crippen LogP contribution in [-0.2, 0) is 14.4 Å². The molecule has 3 N–H and O–H groups in total. The number of rotatable bonds is 7. The van der Waals surface area contributed by atoms with Gasteiger partial charge in [-0.05, 0) is 24.3 Å². The molecule has 0 aromatic carbocycles. The number of aromatic nitrogens is 4. The minimum absolute atomic E-state index is 0.0303. The summed E-state index contributed by atoms with van der Waals surface area (Å²) in [5.41, 5.74) is 1.28. The first kappa shape index (κ1) is 25.2. The first-order valence-electron chi connectivity index (χ1n) is 10.2. The molecule has 0 spiro atoms. The molecule has 0 aliphatic rings. The molecule has 0 radical (unpaired) electrons. The number of likely N-dealkylation sites (N-methyl/N-ethyl adjacent to an activating group) is 1. The van der Waals surface area contributed by atoms with Crippen molar-refractivity contribution in [2.24, 2.45) is 0 Å². The summed E-state index contributed by atoms with van der Waals surface area (Å²) in [5.74, 6) is -3.07. The second-order valence-corrected chi connectivity index (χ2v) is 7.74. The van der Waals surface area contributed by atoms with E-state index in [1.165, 1.54) is 49.7 Å². The van der Waals surface area contributed by atoms with Gasteiger partial charge in [-0.15, -0.1) is 0 Å². The molecule has 0 saturated carbocycles. The van der Waals surface area contributed by atoms with Gasteiger partial charge in [0.1, 0.15) is 17.6 Å². The molecule has 3 heterocycles. The van der Waals surface area contributed by atoms with Crippen LogP contribution < -0.4 is 16.0 Å². The monoisotopic (exact) mass is 496 g/mol. The van der Waals surface area contributed by atoms with Crippen molar-refractivity contribution >= 4 is 41.0 Å². The summed E-state index contributed by atoms with van der Waals surface area (Å²) >= 11 is 5.74. The number of carbonyl (C=O) groups excluding carboxylic acids is 4. The third-order valence-electron chi connectivity index (χ3n) is 4.55. The minimum atomic E-state index is -1.16. The highest BCUT2D eigenvalue weighted by molar-refractivity contribution is 6.39. The van der Waals surface area contributed by atoms with Crippen molar-refractivity contribution in [2.45, 2.75) is 6.04 Å². The van der Waals surface area contributed by atoms with Crippen LogP contribution in [0.1, 0.15) is 10.5 Å². The summed E-state index contributed by atoms with van der Waals surface area (Å²) in [4.78, 5) is 66.9. The van der Waals surface area contributed by atoms with Gasteiger partial charge in [0.2, 0.25) is 5.91 Å². The van der Waals surface area contributed by atoms with E-state index >= 15 is 0 Å². The Balaban J connectivity index is 1.62. The number of carbonyl (C=O) groups is 4. The van der Waals surface area contributed by atoms with Crippen molar-refractivity contribution in [3.63, 3.8) is 0 Å². The van der Waals surface area contributed by atoms with Crippen LogP contribution in [0.15, 0.2) is 55.2 Å². The molecule has 3 rings (SSSR count). The van der Waals surface area contributed by atoms with Crippen LogP contribution in [-0.4, -0.2) is 75.1 Å². The van der Waals surface area contributed by atoms with Crippen LogP contribution in [0, 0.1) is 0 Å². The highest BCUT2D eigenvalue weighted by atomic mass is 35.5. The van der Waals surface area contributed by atoms with E-state index in [1.54, 1.807) is 24.5 Å². The van der Waals surface area contributed by atoms with Gasteiger partial charge in [0.15, 0.2) is 0 Å². The number of amides is 4. The van der Waals surface area contributed by atoms with E-state index in [0.29, 0.717) is 10.7 Å². The molecule has 0 saturated heterocycles. The smallest absolute Gasteiger partial charge is 0.314 e. The molecule has 1 unspecified atom stereocenters. The quantitative estimate of drug-likeness (QED) is 0.399. The number of nitrogens with zero attached hydrogens (tertiary/aromatic N) is 5. The summed E-state index contributed by atoms with van der Waals surface area (Å²) in [6.45, 7) is -0.342. The highest BCUT2D eigenvalue weighted by Gasteiger charge is 2.25. The first-order valence-corrected chi connectivity index (χ1v) is 10.6. The molecule has 1 atom stereocenters. The molecule has 0 aliphatic heterocycles. The number of anilines is 1. The Hall–Kier alpha value is -4.45. The van der Waals surface area contributed by atoms with Crippen LogP contribution in [0.3, 0.4) is 0 Å². The topological polar surface area (TPSA) is 159 Å². The summed E-state index contributed by atoms with van der Waals surface area (Å²) in [6.07, 6.45) is 7.21. The van der Waals surface area contributed by atoms with Gasteiger partial charge in [-0.25, -0.2) is 9.97 Å². The van der Waals surface area contributed by atoms with E-state index in [0.717, 1.165) is 5.56 Å². The fourth-order valence-electron chi connectivity index (χ4n) is 2.76. The molecule has 0 aliphatic carbocycles. The normalized spacial score (nSPS) is 11.2. The predicted molar refractivity (Wildman–Crippen MR) is 126 cm³/mol. The Labute approximate surface area is 205 Å². The molecule has 0 bridgehead atoms. The standard InChI is InChI=1S/C22H21ClN8O4/c1-31(2)22(35)17(12-28-20(33)21(34)30-18-4-3-14(23)9-27-18)29-19(32)16-11-25-15(10-26-16)13-5-7-24-8-6-13/h3-11,17H,12H2,1-2H3,(H,28,33)(H,29,32)(H,27,30,34). The van der Waals surface area contributed by atoms with Gasteiger partial charge in [-0.2, -0.15) is 0 Å². The lowest BCUT2D eigenvalue weighted by atomic mass is 10.2. The summed E-state index contributed by atoms with van der Waals surface area (Å²) < 4.78 is 0. The maximum absolute atomic E-state index is 12.7. The first-order chi connectivity index (χ1) is 16.7. The molecular formula is C22H21ClN8O4. The lowest BCUT2D eigenvalue weighted by Crippen LogP contribution is -2.53. The SMILES string of the molecule is CN(C)C(=O)C(CNC(=O)C(=O)Nc1ccc(Cl)cn1)NC(=O)c1cnc(-c2ccncc2)cn1. The zero-order chi connectivity index (χ0) is 25.4. The van der Waals surface area contributed by atoms with Crippen molar-refractivity contribution in [1.29, 1.82) is 0 Å². The summed E-state index contributed by atoms with van der Waals surface area (Å²) in [7, 11) is 2.98. The fraction of sp³-hybridized carbons (Fsp3) is 0.182. The van der Waals surface area contributed by atoms with Gasteiger partial charge in [-0.1, -0.05) is 11.6 Å². The second-order valence-electron chi connectivity index (χ2n) is 7.31. The van der Waals surface area contributed by atoms with Gasteiger partial charge < -0.3 is 20.9 Å². The van der Waals surface area contributed by atoms with E-state index in [4.69, 9.17) is 11.6 Å². The summed E-state index contributed by atoms with van der Waals surface area (Å²) in [5, 5.41) is 7.51. The highest BCUT2D eigenvalue weighted by Crippen LogP contribution is 2.14. The van der Waals surface area contributed by atoms with E-state index in [-0.39, 0.29) is 18.1 Å². The molecule has 3 aromatic rings. The Morgan fingerprint density at radius 3 is 2.29 bits per heavy atom. The molecule has 13 heteroatoms. The molecule has 35 heavy (non-hydrogen) atoms. The van der Waals surface area contributed by atoms with E-state index in [2.05, 4.69) is 35.9 Å². The van der Waals surface area contributed by atoms with Crippen LogP contribution in [0.2, 0.25) is 5.02 Å². The van der Waals surface area contributed by atoms with Crippen molar-refractivity contribution in [1.82, 2.24) is 35.5 Å². The van der Waals surface area contributed by atoms with Gasteiger partial charge in [-0.3, -0.25) is 29.1 Å². The Kier molecular flexibility index (Phi) is 8.35. The van der Waals surface area contributed by atoms with E-state index in [9.17, 15) is 19.2 Å². The molecular weight excluding hydrogens is 476 g/mol. The Morgan fingerprint density at radius 2 is 1.69 bits per heavy atom. The van der Waals surface area contributed by atoms with Crippen molar-refractivity contribution in [2.75, 3.05) is 26.0 Å². The second kappa shape index (κ2) is 11.6. The van der Waals surface area contributed by atoms with E-state index in [1.807, 2.05) is 0 Å². The minimum Gasteiger partial charge on any atom is -0.347 e.